The van der Waals surface area contributed by atoms with E-state index in [0.29, 0.717) is 15.8 Å². The van der Waals surface area contributed by atoms with Gasteiger partial charge in [0, 0.05) is 17.0 Å². The number of carbonyl (C=O) groups is 1. The summed E-state index contributed by atoms with van der Waals surface area (Å²) in [6.45, 7) is 2.03. The summed E-state index contributed by atoms with van der Waals surface area (Å²) < 4.78 is 27.7. The molecule has 28 heavy (non-hydrogen) atoms. The van der Waals surface area contributed by atoms with E-state index in [0.717, 1.165) is 17.8 Å². The molecule has 0 aliphatic carbocycles. The highest BCUT2D eigenvalue weighted by Gasteiger charge is 2.17. The van der Waals surface area contributed by atoms with Gasteiger partial charge in [-0.3, -0.25) is 14.8 Å². The zero-order valence-electron chi connectivity index (χ0n) is 14.8. The van der Waals surface area contributed by atoms with E-state index >= 15 is 0 Å². The quantitative estimate of drug-likeness (QED) is 0.578. The Balaban J connectivity index is 1.77. The maximum atomic E-state index is 12.6. The molecular formula is C18H17ClN4O3S2. The summed E-state index contributed by atoms with van der Waals surface area (Å²) in [7, 11) is -3.88. The molecule has 10 heteroatoms. The second-order valence-corrected chi connectivity index (χ2v) is 9.03. The van der Waals surface area contributed by atoms with E-state index in [1.54, 1.807) is 18.2 Å². The van der Waals surface area contributed by atoms with Gasteiger partial charge in [0.25, 0.3) is 15.9 Å². The Hall–Kier alpha value is -2.49. The second kappa shape index (κ2) is 8.68. The highest BCUT2D eigenvalue weighted by molar-refractivity contribution is 7.92. The smallest absolute Gasteiger partial charge is 0.261 e. The van der Waals surface area contributed by atoms with Crippen molar-refractivity contribution in [2.24, 2.45) is 0 Å². The van der Waals surface area contributed by atoms with Crippen molar-refractivity contribution in [1.29, 1.82) is 0 Å². The first-order chi connectivity index (χ1) is 13.4. The lowest BCUT2D eigenvalue weighted by molar-refractivity contribution is 0.102. The largest absolute Gasteiger partial charge is 0.296 e. The molecule has 3 rings (SSSR count). The molecule has 0 aliphatic rings. The van der Waals surface area contributed by atoms with Gasteiger partial charge in [-0.05, 0) is 42.8 Å². The number of anilines is 2. The van der Waals surface area contributed by atoms with Crippen LogP contribution in [0.15, 0.2) is 53.4 Å². The van der Waals surface area contributed by atoms with Crippen molar-refractivity contribution in [3.8, 4) is 0 Å². The Bertz CT molecular complexity index is 1100. The number of carbonyl (C=O) groups excluding carboxylic acids is 1. The third-order valence-corrected chi connectivity index (χ3v) is 6.15. The van der Waals surface area contributed by atoms with Crippen molar-refractivity contribution in [1.82, 2.24) is 10.2 Å². The van der Waals surface area contributed by atoms with Crippen LogP contribution in [0.4, 0.5) is 10.8 Å². The maximum Gasteiger partial charge on any atom is 0.261 e. The van der Waals surface area contributed by atoms with Gasteiger partial charge in [0.05, 0.1) is 10.6 Å². The Morgan fingerprint density at radius 1 is 1.14 bits per heavy atom. The molecule has 0 atom stereocenters. The lowest BCUT2D eigenvalue weighted by atomic mass is 10.2. The van der Waals surface area contributed by atoms with Crippen LogP contribution in [0.3, 0.4) is 0 Å². The number of hydrogen-bond donors (Lipinski definition) is 2. The predicted octanol–water partition coefficient (Wildman–Crippen LogP) is 4.20. The number of halogens is 1. The van der Waals surface area contributed by atoms with Crippen LogP contribution in [0.2, 0.25) is 5.02 Å². The summed E-state index contributed by atoms with van der Waals surface area (Å²) in [5.74, 6) is -0.459. The molecule has 7 nitrogen and oxygen atoms in total. The lowest BCUT2D eigenvalue weighted by Gasteiger charge is -2.09. The number of sulfonamides is 1. The fourth-order valence-electron chi connectivity index (χ4n) is 2.36. The molecule has 0 unspecified atom stereocenters. The molecule has 0 aliphatic heterocycles. The minimum Gasteiger partial charge on any atom is -0.296 e. The third-order valence-electron chi connectivity index (χ3n) is 3.63. The van der Waals surface area contributed by atoms with Gasteiger partial charge in [0.2, 0.25) is 5.13 Å². The number of amides is 1. The van der Waals surface area contributed by atoms with Crippen molar-refractivity contribution in [2.75, 3.05) is 10.0 Å². The molecule has 0 spiro atoms. The molecule has 0 radical (unpaired) electrons. The fourth-order valence-corrected chi connectivity index (χ4v) is 4.48. The van der Waals surface area contributed by atoms with E-state index in [9.17, 15) is 13.2 Å². The third kappa shape index (κ3) is 5.06. The summed E-state index contributed by atoms with van der Waals surface area (Å²) in [6, 6.07) is 12.1. The van der Waals surface area contributed by atoms with Gasteiger partial charge < -0.3 is 0 Å². The first-order valence-electron chi connectivity index (χ1n) is 8.39. The second-order valence-electron chi connectivity index (χ2n) is 5.85. The van der Waals surface area contributed by atoms with Gasteiger partial charge in [-0.25, -0.2) is 8.42 Å². The molecule has 2 aromatic carbocycles. The van der Waals surface area contributed by atoms with E-state index in [-0.39, 0.29) is 10.5 Å². The highest BCUT2D eigenvalue weighted by Crippen LogP contribution is 2.21. The summed E-state index contributed by atoms with van der Waals surface area (Å²) in [6.07, 6.45) is 1.72. The van der Waals surface area contributed by atoms with Crippen LogP contribution in [0, 0.1) is 0 Å². The molecule has 3 aromatic rings. The molecule has 2 N–H and O–H groups in total. The van der Waals surface area contributed by atoms with Gasteiger partial charge >= 0.3 is 0 Å². The van der Waals surface area contributed by atoms with Crippen LogP contribution in [0.1, 0.15) is 28.7 Å². The van der Waals surface area contributed by atoms with Crippen LogP contribution < -0.4 is 10.0 Å². The van der Waals surface area contributed by atoms with E-state index in [1.165, 1.54) is 41.7 Å². The minimum atomic E-state index is -3.88. The Kier molecular flexibility index (Phi) is 6.28. The van der Waals surface area contributed by atoms with Crippen LogP contribution in [-0.4, -0.2) is 24.5 Å². The Morgan fingerprint density at radius 3 is 2.68 bits per heavy atom. The van der Waals surface area contributed by atoms with Gasteiger partial charge in [-0.1, -0.05) is 42.0 Å². The maximum absolute atomic E-state index is 12.6. The lowest BCUT2D eigenvalue weighted by Crippen LogP contribution is -2.16. The SMILES string of the molecule is CCCc1nnc(NC(=O)c2cccc(S(=O)(=O)Nc3cccc(Cl)c3)c2)s1. The average molecular weight is 437 g/mol. The normalized spacial score (nSPS) is 11.2. The van der Waals surface area contributed by atoms with Crippen molar-refractivity contribution in [3.63, 3.8) is 0 Å². The Morgan fingerprint density at radius 2 is 1.93 bits per heavy atom. The molecule has 0 bridgehead atoms. The number of nitrogens with one attached hydrogen (secondary N) is 2. The summed E-state index contributed by atoms with van der Waals surface area (Å²) in [4.78, 5) is 12.4. The zero-order valence-corrected chi connectivity index (χ0v) is 17.2. The fraction of sp³-hybridized carbons (Fsp3) is 0.167. The average Bonchev–Trinajstić information content (AvgIpc) is 3.09. The van der Waals surface area contributed by atoms with Crippen molar-refractivity contribution in [2.45, 2.75) is 24.7 Å². The van der Waals surface area contributed by atoms with Crippen LogP contribution in [0.5, 0.6) is 0 Å². The van der Waals surface area contributed by atoms with Crippen molar-refractivity contribution >= 4 is 49.7 Å². The number of aryl methyl sites for hydroxylation is 1. The van der Waals surface area contributed by atoms with Gasteiger partial charge in [-0.15, -0.1) is 10.2 Å². The van der Waals surface area contributed by atoms with E-state index in [1.807, 2.05) is 6.92 Å². The summed E-state index contributed by atoms with van der Waals surface area (Å²) in [5.41, 5.74) is 0.529. The molecule has 1 aromatic heterocycles. The molecule has 0 saturated heterocycles. The van der Waals surface area contributed by atoms with Crippen LogP contribution >= 0.6 is 22.9 Å². The van der Waals surface area contributed by atoms with Gasteiger partial charge in [-0.2, -0.15) is 0 Å². The minimum absolute atomic E-state index is 0.0379. The predicted molar refractivity (Wildman–Crippen MR) is 111 cm³/mol. The zero-order chi connectivity index (χ0) is 20.1. The van der Waals surface area contributed by atoms with Crippen molar-refractivity contribution < 1.29 is 13.2 Å². The number of nitrogens with zero attached hydrogens (tertiary/aromatic N) is 2. The van der Waals surface area contributed by atoms with Crippen LogP contribution in [0.25, 0.3) is 0 Å². The Labute approximate surface area is 171 Å². The first kappa shape index (κ1) is 20.2. The molecular weight excluding hydrogens is 420 g/mol. The standard InChI is InChI=1S/C18H17ClN4O3S2/c1-2-5-16-21-22-18(27-16)20-17(24)12-6-3-9-15(10-12)28(25,26)23-14-8-4-7-13(19)11-14/h3-4,6-11,23H,2,5H2,1H3,(H,20,22,24). The number of aromatic nitrogens is 2. The van der Waals surface area contributed by atoms with Crippen molar-refractivity contribution in [3.05, 3.63) is 64.1 Å². The molecule has 1 amide bonds. The van der Waals surface area contributed by atoms with Gasteiger partial charge in [0.1, 0.15) is 5.01 Å². The first-order valence-corrected chi connectivity index (χ1v) is 11.1. The number of rotatable bonds is 7. The molecule has 0 saturated carbocycles. The summed E-state index contributed by atoms with van der Waals surface area (Å²) in [5, 5.41) is 12.2. The van der Waals surface area contributed by atoms with Gasteiger partial charge in [0.15, 0.2) is 0 Å². The topological polar surface area (TPSA) is 101 Å². The van der Waals surface area contributed by atoms with E-state index < -0.39 is 15.9 Å². The molecule has 1 heterocycles. The molecule has 0 fully saturated rings. The number of benzene rings is 2. The van der Waals surface area contributed by atoms with Crippen LogP contribution in [-0.2, 0) is 16.4 Å². The molecule has 146 valence electrons. The number of hydrogen-bond acceptors (Lipinski definition) is 6. The highest BCUT2D eigenvalue weighted by atomic mass is 35.5. The monoisotopic (exact) mass is 436 g/mol. The van der Waals surface area contributed by atoms with E-state index in [4.69, 9.17) is 11.6 Å². The van der Waals surface area contributed by atoms with E-state index in [2.05, 4.69) is 20.2 Å². The summed E-state index contributed by atoms with van der Waals surface area (Å²) >= 11 is 7.18.